The number of benzene rings is 1. The molecule has 1 aromatic rings. The van der Waals surface area contributed by atoms with Gasteiger partial charge in [0.25, 0.3) is 0 Å². The van der Waals surface area contributed by atoms with Gasteiger partial charge in [0.05, 0.1) is 12.3 Å². The number of aliphatic hydroxyl groups excluding tert-OH is 1. The number of hydrogen-bond acceptors (Lipinski definition) is 2. The number of halogens is 1. The molecule has 1 N–H and O–H groups in total. The van der Waals surface area contributed by atoms with Crippen molar-refractivity contribution in [3.05, 3.63) is 28.2 Å². The molecule has 0 amide bonds. The van der Waals surface area contributed by atoms with E-state index >= 15 is 0 Å². The summed E-state index contributed by atoms with van der Waals surface area (Å²) in [6.07, 6.45) is 2.57. The van der Waals surface area contributed by atoms with Gasteiger partial charge < -0.3 is 10.0 Å². The third-order valence-corrected chi connectivity index (χ3v) is 3.28. The molecule has 1 aliphatic heterocycles. The number of aliphatic hydroxyl groups is 1. The summed E-state index contributed by atoms with van der Waals surface area (Å²) >= 11 is 3.55. The molecule has 14 heavy (non-hydrogen) atoms. The van der Waals surface area contributed by atoms with E-state index in [1.807, 2.05) is 12.1 Å². The molecule has 1 aliphatic rings. The predicted molar refractivity (Wildman–Crippen MR) is 61.5 cm³/mol. The Kier molecular flexibility index (Phi) is 3.08. The Morgan fingerprint density at radius 2 is 2.00 bits per heavy atom. The van der Waals surface area contributed by atoms with Crippen LogP contribution >= 0.6 is 15.9 Å². The third-order valence-electron chi connectivity index (χ3n) is 2.64. The predicted octanol–water partition coefficient (Wildman–Crippen LogP) is 2.54. The summed E-state index contributed by atoms with van der Waals surface area (Å²) in [7, 11) is 0. The van der Waals surface area contributed by atoms with Crippen molar-refractivity contribution in [3.8, 4) is 0 Å². The van der Waals surface area contributed by atoms with Gasteiger partial charge >= 0.3 is 0 Å². The van der Waals surface area contributed by atoms with E-state index < -0.39 is 0 Å². The smallest absolute Gasteiger partial charge is 0.0682 e. The van der Waals surface area contributed by atoms with Gasteiger partial charge in [-0.1, -0.05) is 6.07 Å². The minimum absolute atomic E-state index is 0.110. The second-order valence-electron chi connectivity index (χ2n) is 3.64. The molecule has 1 heterocycles. The highest BCUT2D eigenvalue weighted by atomic mass is 79.9. The molecule has 0 aromatic heterocycles. The van der Waals surface area contributed by atoms with Crippen molar-refractivity contribution in [1.82, 2.24) is 0 Å². The molecule has 3 heteroatoms. The number of nitrogens with zero attached hydrogens (tertiary/aromatic N) is 1. The SMILES string of the molecule is OCc1ccc(N2CCCC2)c(Br)c1. The second-order valence-corrected chi connectivity index (χ2v) is 4.49. The summed E-state index contributed by atoms with van der Waals surface area (Å²) in [5, 5.41) is 8.98. The first-order chi connectivity index (χ1) is 6.81. The highest BCUT2D eigenvalue weighted by Gasteiger charge is 2.14. The molecule has 0 aliphatic carbocycles. The zero-order valence-electron chi connectivity index (χ0n) is 8.04. The van der Waals surface area contributed by atoms with Crippen molar-refractivity contribution in [2.24, 2.45) is 0 Å². The van der Waals surface area contributed by atoms with Gasteiger partial charge in [-0.05, 0) is 46.5 Å². The van der Waals surface area contributed by atoms with Crippen LogP contribution in [0.15, 0.2) is 22.7 Å². The van der Waals surface area contributed by atoms with Gasteiger partial charge in [-0.25, -0.2) is 0 Å². The maximum atomic E-state index is 8.98. The van der Waals surface area contributed by atoms with Gasteiger partial charge in [-0.3, -0.25) is 0 Å². The fourth-order valence-electron chi connectivity index (χ4n) is 1.86. The topological polar surface area (TPSA) is 23.5 Å². The van der Waals surface area contributed by atoms with Crippen LogP contribution in [0.2, 0.25) is 0 Å². The molecule has 0 radical (unpaired) electrons. The van der Waals surface area contributed by atoms with Crippen molar-refractivity contribution in [1.29, 1.82) is 0 Å². The van der Waals surface area contributed by atoms with Crippen molar-refractivity contribution < 1.29 is 5.11 Å². The Morgan fingerprint density at radius 1 is 1.29 bits per heavy atom. The molecule has 0 spiro atoms. The van der Waals surface area contributed by atoms with Crippen LogP contribution in [0.1, 0.15) is 18.4 Å². The molecule has 2 nitrogen and oxygen atoms in total. The molecule has 0 atom stereocenters. The normalized spacial score (nSPS) is 16.3. The lowest BCUT2D eigenvalue weighted by Gasteiger charge is -2.19. The van der Waals surface area contributed by atoms with E-state index in [9.17, 15) is 0 Å². The quantitative estimate of drug-likeness (QED) is 0.878. The minimum Gasteiger partial charge on any atom is -0.392 e. The summed E-state index contributed by atoms with van der Waals surface area (Å²) in [6, 6.07) is 6.06. The molecule has 1 saturated heterocycles. The van der Waals surface area contributed by atoms with Crippen molar-refractivity contribution in [2.75, 3.05) is 18.0 Å². The first kappa shape index (κ1) is 9.99. The van der Waals surface area contributed by atoms with E-state index in [4.69, 9.17) is 5.11 Å². The van der Waals surface area contributed by atoms with Crippen LogP contribution in [0.3, 0.4) is 0 Å². The summed E-state index contributed by atoms with van der Waals surface area (Å²) in [4.78, 5) is 2.38. The van der Waals surface area contributed by atoms with E-state index in [2.05, 4.69) is 26.9 Å². The van der Waals surface area contributed by atoms with Gasteiger partial charge in [0.1, 0.15) is 0 Å². The van der Waals surface area contributed by atoms with E-state index in [0.29, 0.717) is 0 Å². The fraction of sp³-hybridized carbons (Fsp3) is 0.455. The van der Waals surface area contributed by atoms with Crippen LogP contribution in [-0.2, 0) is 6.61 Å². The van der Waals surface area contributed by atoms with Crippen molar-refractivity contribution >= 4 is 21.6 Å². The first-order valence-electron chi connectivity index (χ1n) is 4.95. The second kappa shape index (κ2) is 4.32. The van der Waals surface area contributed by atoms with Crippen molar-refractivity contribution in [2.45, 2.75) is 19.4 Å². The van der Waals surface area contributed by atoms with Gasteiger partial charge in [-0.2, -0.15) is 0 Å². The Labute approximate surface area is 92.7 Å². The summed E-state index contributed by atoms with van der Waals surface area (Å²) in [6.45, 7) is 2.41. The number of rotatable bonds is 2. The van der Waals surface area contributed by atoms with Crippen LogP contribution in [0.25, 0.3) is 0 Å². The van der Waals surface area contributed by atoms with Gasteiger partial charge in [0.2, 0.25) is 0 Å². The largest absolute Gasteiger partial charge is 0.392 e. The minimum atomic E-state index is 0.110. The summed E-state index contributed by atoms with van der Waals surface area (Å²) < 4.78 is 1.09. The lowest BCUT2D eigenvalue weighted by atomic mass is 10.2. The summed E-state index contributed by atoms with van der Waals surface area (Å²) in [5.41, 5.74) is 2.21. The monoisotopic (exact) mass is 255 g/mol. The van der Waals surface area contributed by atoms with Gasteiger partial charge in [0, 0.05) is 17.6 Å². The zero-order chi connectivity index (χ0) is 9.97. The summed E-state index contributed by atoms with van der Waals surface area (Å²) in [5.74, 6) is 0. The molecule has 0 unspecified atom stereocenters. The zero-order valence-corrected chi connectivity index (χ0v) is 9.63. The third kappa shape index (κ3) is 1.93. The standard InChI is InChI=1S/C11H14BrNO/c12-10-7-9(8-14)3-4-11(10)13-5-1-2-6-13/h3-4,7,14H,1-2,5-6,8H2. The van der Waals surface area contributed by atoms with Crippen LogP contribution in [0.4, 0.5) is 5.69 Å². The molecule has 0 saturated carbocycles. The average molecular weight is 256 g/mol. The average Bonchev–Trinajstić information content (AvgIpc) is 2.70. The van der Waals surface area contributed by atoms with E-state index in [-0.39, 0.29) is 6.61 Å². The molecule has 0 bridgehead atoms. The Morgan fingerprint density at radius 3 is 2.57 bits per heavy atom. The maximum absolute atomic E-state index is 8.98. The fourth-order valence-corrected chi connectivity index (χ4v) is 2.54. The Hall–Kier alpha value is -0.540. The van der Waals surface area contributed by atoms with Crippen molar-refractivity contribution in [3.63, 3.8) is 0 Å². The number of hydrogen-bond donors (Lipinski definition) is 1. The van der Waals surface area contributed by atoms with Crippen LogP contribution < -0.4 is 4.90 Å². The molecule has 1 fully saturated rings. The molecule has 1 aromatic carbocycles. The van der Waals surface area contributed by atoms with Gasteiger partial charge in [0.15, 0.2) is 0 Å². The van der Waals surface area contributed by atoms with E-state index in [1.54, 1.807) is 0 Å². The van der Waals surface area contributed by atoms with Crippen LogP contribution in [0, 0.1) is 0 Å². The highest BCUT2D eigenvalue weighted by Crippen LogP contribution is 2.29. The molecular formula is C11H14BrNO. The molecule has 2 rings (SSSR count). The molecule has 76 valence electrons. The highest BCUT2D eigenvalue weighted by molar-refractivity contribution is 9.10. The number of anilines is 1. The van der Waals surface area contributed by atoms with E-state index in [1.165, 1.54) is 18.5 Å². The first-order valence-corrected chi connectivity index (χ1v) is 5.75. The lowest BCUT2D eigenvalue weighted by Crippen LogP contribution is -2.17. The van der Waals surface area contributed by atoms with Gasteiger partial charge in [-0.15, -0.1) is 0 Å². The Balaban J connectivity index is 2.25. The lowest BCUT2D eigenvalue weighted by molar-refractivity contribution is 0.282. The van der Waals surface area contributed by atoms with E-state index in [0.717, 1.165) is 23.1 Å². The van der Waals surface area contributed by atoms with Crippen LogP contribution in [-0.4, -0.2) is 18.2 Å². The van der Waals surface area contributed by atoms with Crippen LogP contribution in [0.5, 0.6) is 0 Å². The Bertz CT molecular complexity index is 321. The molecular weight excluding hydrogens is 242 g/mol. The maximum Gasteiger partial charge on any atom is 0.0682 e.